The van der Waals surface area contributed by atoms with Crippen LogP contribution < -0.4 is 15.5 Å². The number of rotatable bonds is 7. The van der Waals surface area contributed by atoms with E-state index in [0.717, 1.165) is 12.8 Å². The Hall–Kier alpha value is -3.04. The van der Waals surface area contributed by atoms with Gasteiger partial charge in [0.05, 0.1) is 24.5 Å². The van der Waals surface area contributed by atoms with Crippen molar-refractivity contribution in [3.8, 4) is 0 Å². The smallest absolute Gasteiger partial charge is 0.259 e. The van der Waals surface area contributed by atoms with Crippen molar-refractivity contribution in [3.05, 3.63) is 47.8 Å². The predicted molar refractivity (Wildman–Crippen MR) is 115 cm³/mol. The van der Waals surface area contributed by atoms with Gasteiger partial charge in [-0.25, -0.2) is 9.97 Å². The summed E-state index contributed by atoms with van der Waals surface area (Å²) in [6.07, 6.45) is 3.24. The van der Waals surface area contributed by atoms with Crippen molar-refractivity contribution in [3.63, 3.8) is 0 Å². The molecule has 1 aromatic heterocycles. The van der Waals surface area contributed by atoms with E-state index in [9.17, 15) is 9.59 Å². The average molecular weight is 425 g/mol. The van der Waals surface area contributed by atoms with E-state index in [0.29, 0.717) is 68.8 Å². The fourth-order valence-corrected chi connectivity index (χ4v) is 3.62. The second-order valence-corrected chi connectivity index (χ2v) is 7.49. The third kappa shape index (κ3) is 5.56. The summed E-state index contributed by atoms with van der Waals surface area (Å²) >= 11 is 0. The zero-order chi connectivity index (χ0) is 21.5. The Morgan fingerprint density at radius 2 is 1.94 bits per heavy atom. The van der Waals surface area contributed by atoms with Crippen LogP contribution in [0, 0.1) is 0 Å². The minimum atomic E-state index is -0.379. The van der Waals surface area contributed by atoms with Crippen molar-refractivity contribution in [1.29, 1.82) is 0 Å². The number of hydrogen-bond donors (Lipinski definition) is 2. The first-order chi connectivity index (χ1) is 15.2. The lowest BCUT2D eigenvalue weighted by molar-refractivity contribution is -0.129. The normalized spacial score (nSPS) is 18.6. The molecule has 0 spiro atoms. The molecule has 0 saturated carbocycles. The molecule has 1 atom stereocenters. The van der Waals surface area contributed by atoms with E-state index in [1.54, 1.807) is 6.20 Å². The Bertz CT molecular complexity index is 896. The number of carbonyl (C=O) groups is 2. The van der Waals surface area contributed by atoms with Gasteiger partial charge in [0.25, 0.3) is 5.91 Å². The molecule has 0 bridgehead atoms. The van der Waals surface area contributed by atoms with Crippen LogP contribution in [0.3, 0.4) is 0 Å². The van der Waals surface area contributed by atoms with Gasteiger partial charge in [-0.1, -0.05) is 18.2 Å². The molecule has 9 nitrogen and oxygen atoms in total. The third-order valence-electron chi connectivity index (χ3n) is 5.31. The van der Waals surface area contributed by atoms with Crippen molar-refractivity contribution in [2.45, 2.75) is 25.4 Å². The highest BCUT2D eigenvalue weighted by atomic mass is 16.5. The van der Waals surface area contributed by atoms with Crippen LogP contribution in [0.5, 0.6) is 0 Å². The highest BCUT2D eigenvalue weighted by Crippen LogP contribution is 2.17. The molecule has 1 aromatic carbocycles. The van der Waals surface area contributed by atoms with Crippen LogP contribution in [-0.2, 0) is 20.7 Å². The van der Waals surface area contributed by atoms with Gasteiger partial charge >= 0.3 is 0 Å². The molecule has 2 amide bonds. The first-order valence-electron chi connectivity index (χ1n) is 10.6. The molecular formula is C22H27N5O4. The Balaban J connectivity index is 1.48. The minimum absolute atomic E-state index is 0.116. The van der Waals surface area contributed by atoms with Crippen molar-refractivity contribution >= 4 is 23.5 Å². The van der Waals surface area contributed by atoms with Crippen molar-refractivity contribution in [2.24, 2.45) is 0 Å². The summed E-state index contributed by atoms with van der Waals surface area (Å²) in [7, 11) is 0. The van der Waals surface area contributed by atoms with E-state index in [1.165, 1.54) is 0 Å². The Morgan fingerprint density at radius 3 is 2.68 bits per heavy atom. The fraction of sp³-hybridized carbons (Fsp3) is 0.455. The quantitative estimate of drug-likeness (QED) is 0.691. The zero-order valence-electron chi connectivity index (χ0n) is 17.4. The number of anilines is 2. The van der Waals surface area contributed by atoms with Gasteiger partial charge in [-0.05, 0) is 25.0 Å². The molecule has 2 saturated heterocycles. The van der Waals surface area contributed by atoms with Crippen LogP contribution in [0.1, 0.15) is 28.9 Å². The highest BCUT2D eigenvalue weighted by Gasteiger charge is 2.24. The van der Waals surface area contributed by atoms with Gasteiger partial charge in [0, 0.05) is 44.5 Å². The second-order valence-electron chi connectivity index (χ2n) is 7.49. The number of amides is 2. The number of hydrogen-bond acceptors (Lipinski definition) is 7. The van der Waals surface area contributed by atoms with Crippen LogP contribution in [-0.4, -0.2) is 67.3 Å². The fourth-order valence-electron chi connectivity index (χ4n) is 3.62. The van der Waals surface area contributed by atoms with Gasteiger partial charge in [-0.2, -0.15) is 0 Å². The number of aromatic nitrogens is 2. The lowest BCUT2D eigenvalue weighted by atomic mass is 10.1. The highest BCUT2D eigenvalue weighted by molar-refractivity contribution is 6.04. The maximum Gasteiger partial charge on any atom is 0.259 e. The standard InChI is InChI=1S/C22H27N5O4/c28-20(25-16-5-2-1-3-6-16)17-15-24-22(27-10-13-30-14-11-27)26-18(17)8-9-23-21(29)19-7-4-12-31-19/h1-3,5-6,15,19H,4,7-14H2,(H,23,29)(H,25,28). The molecular weight excluding hydrogens is 398 g/mol. The number of nitrogens with one attached hydrogen (secondary N) is 2. The first-order valence-corrected chi connectivity index (χ1v) is 10.6. The molecule has 2 aliphatic rings. The number of nitrogens with zero attached hydrogens (tertiary/aromatic N) is 3. The maximum atomic E-state index is 12.9. The van der Waals surface area contributed by atoms with Gasteiger partial charge in [0.15, 0.2) is 0 Å². The monoisotopic (exact) mass is 425 g/mol. The largest absolute Gasteiger partial charge is 0.378 e. The second kappa shape index (κ2) is 10.3. The number of benzene rings is 1. The van der Waals surface area contributed by atoms with Crippen LogP contribution in [0.15, 0.2) is 36.5 Å². The van der Waals surface area contributed by atoms with E-state index >= 15 is 0 Å². The van der Waals surface area contributed by atoms with Crippen molar-refractivity contribution < 1.29 is 19.1 Å². The number of ether oxygens (including phenoxy) is 2. The summed E-state index contributed by atoms with van der Waals surface area (Å²) in [5.41, 5.74) is 1.69. The van der Waals surface area contributed by atoms with E-state index in [4.69, 9.17) is 9.47 Å². The molecule has 2 N–H and O–H groups in total. The minimum Gasteiger partial charge on any atom is -0.378 e. The van der Waals surface area contributed by atoms with Gasteiger partial charge in [0.2, 0.25) is 11.9 Å². The predicted octanol–water partition coefficient (Wildman–Crippen LogP) is 1.40. The van der Waals surface area contributed by atoms with Crippen molar-refractivity contribution in [2.75, 3.05) is 49.7 Å². The summed E-state index contributed by atoms with van der Waals surface area (Å²) in [6, 6.07) is 9.24. The molecule has 2 fully saturated rings. The van der Waals surface area contributed by atoms with Crippen LogP contribution in [0.2, 0.25) is 0 Å². The van der Waals surface area contributed by atoms with Crippen molar-refractivity contribution in [1.82, 2.24) is 15.3 Å². The maximum absolute atomic E-state index is 12.9. The molecule has 164 valence electrons. The molecule has 0 aliphatic carbocycles. The summed E-state index contributed by atoms with van der Waals surface area (Å²) in [6.45, 7) is 3.62. The third-order valence-corrected chi connectivity index (χ3v) is 5.31. The first kappa shape index (κ1) is 21.2. The summed E-state index contributed by atoms with van der Waals surface area (Å²) in [4.78, 5) is 36.3. The van der Waals surface area contributed by atoms with E-state index in [1.807, 2.05) is 35.2 Å². The Labute approximate surface area is 181 Å². The van der Waals surface area contributed by atoms with Crippen LogP contribution in [0.25, 0.3) is 0 Å². The number of carbonyl (C=O) groups excluding carboxylic acids is 2. The lowest BCUT2D eigenvalue weighted by Gasteiger charge is -2.27. The van der Waals surface area contributed by atoms with Gasteiger partial charge in [-0.15, -0.1) is 0 Å². The molecule has 2 aliphatic heterocycles. The van der Waals surface area contributed by atoms with Crippen LogP contribution >= 0.6 is 0 Å². The van der Waals surface area contributed by atoms with Gasteiger partial charge < -0.3 is 25.0 Å². The molecule has 1 unspecified atom stereocenters. The molecule has 4 rings (SSSR count). The molecule has 3 heterocycles. The zero-order valence-corrected chi connectivity index (χ0v) is 17.4. The molecule has 0 radical (unpaired) electrons. The lowest BCUT2D eigenvalue weighted by Crippen LogP contribution is -2.38. The van der Waals surface area contributed by atoms with Crippen LogP contribution in [0.4, 0.5) is 11.6 Å². The summed E-state index contributed by atoms with van der Waals surface area (Å²) in [5.74, 6) is 0.176. The van der Waals surface area contributed by atoms with E-state index in [2.05, 4.69) is 20.6 Å². The number of para-hydroxylation sites is 1. The summed E-state index contributed by atoms with van der Waals surface area (Å²) in [5, 5.41) is 5.78. The average Bonchev–Trinajstić information content (AvgIpc) is 3.35. The molecule has 31 heavy (non-hydrogen) atoms. The van der Waals surface area contributed by atoms with E-state index in [-0.39, 0.29) is 17.9 Å². The van der Waals surface area contributed by atoms with E-state index < -0.39 is 0 Å². The molecule has 9 heteroatoms. The number of morpholine rings is 1. The molecule has 2 aromatic rings. The Morgan fingerprint density at radius 1 is 1.13 bits per heavy atom. The topological polar surface area (TPSA) is 106 Å². The van der Waals surface area contributed by atoms with Gasteiger partial charge in [-0.3, -0.25) is 9.59 Å². The van der Waals surface area contributed by atoms with Gasteiger partial charge in [0.1, 0.15) is 6.10 Å². The Kier molecular flexibility index (Phi) is 7.06. The summed E-state index contributed by atoms with van der Waals surface area (Å²) < 4.78 is 10.8. The SMILES string of the molecule is O=C(Nc1ccccc1)c1cnc(N2CCOCC2)nc1CCNC(=O)C1CCCO1.